The third-order valence-corrected chi connectivity index (χ3v) is 5.83. The summed E-state index contributed by atoms with van der Waals surface area (Å²) in [5, 5.41) is 4.21. The van der Waals surface area contributed by atoms with Crippen LogP contribution in [0.2, 0.25) is 5.02 Å². The van der Waals surface area contributed by atoms with E-state index in [1.165, 1.54) is 38.6 Å². The second-order valence-electron chi connectivity index (χ2n) is 6.43. The normalized spacial score (nSPS) is 11.4. The number of benzene rings is 3. The van der Waals surface area contributed by atoms with E-state index in [2.05, 4.69) is 9.93 Å². The zero-order chi connectivity index (χ0) is 23.1. The van der Waals surface area contributed by atoms with Gasteiger partial charge in [-0.2, -0.15) is 18.4 Å². The number of hydrazone groups is 1. The summed E-state index contributed by atoms with van der Waals surface area (Å²) in [5.74, 6) is 0.426. The lowest BCUT2D eigenvalue weighted by atomic mass is 10.2. The molecule has 3 aromatic carbocycles. The van der Waals surface area contributed by atoms with Gasteiger partial charge in [0.1, 0.15) is 34.6 Å². The SMILES string of the molecule is COc1ccc(OC)c(S(=O)(=O)NN=Cc2cc(Cl)ccc2OCc2ccccc2F)c1. The molecule has 1 N–H and O–H groups in total. The van der Waals surface area contributed by atoms with E-state index < -0.39 is 15.8 Å². The van der Waals surface area contributed by atoms with Crippen LogP contribution in [0.25, 0.3) is 0 Å². The molecule has 10 heteroatoms. The van der Waals surface area contributed by atoms with Gasteiger partial charge in [-0.25, -0.2) is 4.39 Å². The van der Waals surface area contributed by atoms with Crippen molar-refractivity contribution in [2.45, 2.75) is 11.5 Å². The van der Waals surface area contributed by atoms with Gasteiger partial charge in [-0.1, -0.05) is 29.8 Å². The quantitative estimate of drug-likeness (QED) is 0.364. The Balaban J connectivity index is 1.80. The average molecular weight is 479 g/mol. The first-order valence-corrected chi connectivity index (χ1v) is 11.1. The molecule has 168 valence electrons. The van der Waals surface area contributed by atoms with E-state index >= 15 is 0 Å². The minimum absolute atomic E-state index is 0.0259. The summed E-state index contributed by atoms with van der Waals surface area (Å²) in [5.41, 5.74) is 0.769. The van der Waals surface area contributed by atoms with Crippen LogP contribution in [0, 0.1) is 5.82 Å². The third-order valence-electron chi connectivity index (χ3n) is 4.35. The Kier molecular flexibility index (Phi) is 7.55. The molecule has 0 saturated heterocycles. The highest BCUT2D eigenvalue weighted by molar-refractivity contribution is 7.89. The molecule has 3 aromatic rings. The monoisotopic (exact) mass is 478 g/mol. The first-order chi connectivity index (χ1) is 15.3. The minimum atomic E-state index is -4.07. The van der Waals surface area contributed by atoms with E-state index in [0.29, 0.717) is 27.6 Å². The van der Waals surface area contributed by atoms with Crippen LogP contribution in [0.1, 0.15) is 11.1 Å². The number of methoxy groups -OCH3 is 2. The second kappa shape index (κ2) is 10.3. The molecule has 0 aliphatic rings. The number of ether oxygens (including phenoxy) is 3. The van der Waals surface area contributed by atoms with Gasteiger partial charge in [0.25, 0.3) is 10.0 Å². The molecule has 0 spiro atoms. The van der Waals surface area contributed by atoms with Crippen molar-refractivity contribution >= 4 is 27.8 Å². The maximum atomic E-state index is 13.8. The highest BCUT2D eigenvalue weighted by Crippen LogP contribution is 2.28. The number of rotatable bonds is 9. The Morgan fingerprint density at radius 2 is 1.78 bits per heavy atom. The zero-order valence-corrected chi connectivity index (χ0v) is 18.8. The van der Waals surface area contributed by atoms with Gasteiger partial charge in [-0.05, 0) is 36.4 Å². The summed E-state index contributed by atoms with van der Waals surface area (Å²) in [6, 6.07) is 15.3. The van der Waals surface area contributed by atoms with Crippen molar-refractivity contribution in [3.8, 4) is 17.2 Å². The highest BCUT2D eigenvalue weighted by Gasteiger charge is 2.20. The lowest BCUT2D eigenvalue weighted by Gasteiger charge is -2.11. The van der Waals surface area contributed by atoms with Gasteiger partial charge in [-0.3, -0.25) is 0 Å². The predicted octanol–water partition coefficient (Wildman–Crippen LogP) is 4.39. The number of nitrogens with zero attached hydrogens (tertiary/aromatic N) is 1. The van der Waals surface area contributed by atoms with Crippen LogP contribution < -0.4 is 19.0 Å². The second-order valence-corrected chi connectivity index (χ2v) is 8.50. The molecule has 0 amide bonds. The topological polar surface area (TPSA) is 86.2 Å². The lowest BCUT2D eigenvalue weighted by Crippen LogP contribution is -2.19. The van der Waals surface area contributed by atoms with Crippen LogP contribution in [-0.4, -0.2) is 28.9 Å². The van der Waals surface area contributed by atoms with Crippen molar-refractivity contribution in [3.63, 3.8) is 0 Å². The van der Waals surface area contributed by atoms with Crippen molar-refractivity contribution in [2.24, 2.45) is 5.10 Å². The van der Waals surface area contributed by atoms with Gasteiger partial charge in [0.05, 0.1) is 20.4 Å². The van der Waals surface area contributed by atoms with Crippen LogP contribution in [0.3, 0.4) is 0 Å². The van der Waals surface area contributed by atoms with Gasteiger partial charge in [0.2, 0.25) is 0 Å². The number of nitrogens with one attached hydrogen (secondary N) is 1. The fraction of sp³-hybridized carbons (Fsp3) is 0.136. The first-order valence-electron chi connectivity index (χ1n) is 9.26. The summed E-state index contributed by atoms with van der Waals surface area (Å²) >= 11 is 6.05. The Morgan fingerprint density at radius 3 is 2.50 bits per heavy atom. The maximum absolute atomic E-state index is 13.8. The summed E-state index contributed by atoms with van der Waals surface area (Å²) in [7, 11) is -1.29. The molecule has 3 rings (SSSR count). The summed E-state index contributed by atoms with van der Waals surface area (Å²) < 4.78 is 55.2. The molecule has 7 nitrogen and oxygen atoms in total. The molecule has 0 saturated carbocycles. The molecule has 0 heterocycles. The van der Waals surface area contributed by atoms with Gasteiger partial charge in [-0.15, -0.1) is 0 Å². The lowest BCUT2D eigenvalue weighted by molar-refractivity contribution is 0.299. The van der Waals surface area contributed by atoms with E-state index in [0.717, 1.165) is 0 Å². The van der Waals surface area contributed by atoms with Gasteiger partial charge < -0.3 is 14.2 Å². The van der Waals surface area contributed by atoms with Crippen molar-refractivity contribution in [3.05, 3.63) is 82.6 Å². The smallest absolute Gasteiger partial charge is 0.280 e. The predicted molar refractivity (Wildman–Crippen MR) is 120 cm³/mol. The number of halogens is 2. The summed E-state index contributed by atoms with van der Waals surface area (Å²) in [4.78, 5) is 1.99. The Hall–Kier alpha value is -3.30. The first kappa shape index (κ1) is 23.4. The van der Waals surface area contributed by atoms with Gasteiger partial charge in [0.15, 0.2) is 0 Å². The van der Waals surface area contributed by atoms with Crippen LogP contribution in [-0.2, 0) is 16.6 Å². The Morgan fingerprint density at radius 1 is 1.03 bits per heavy atom. The molecular formula is C22H20ClFN2O5S. The number of hydrogen-bond acceptors (Lipinski definition) is 6. The average Bonchev–Trinajstić information content (AvgIpc) is 2.79. The molecule has 0 bridgehead atoms. The molecule has 0 aliphatic heterocycles. The molecule has 0 fully saturated rings. The molecular weight excluding hydrogens is 459 g/mol. The van der Waals surface area contributed by atoms with Crippen LogP contribution in [0.5, 0.6) is 17.2 Å². The van der Waals surface area contributed by atoms with Crippen LogP contribution in [0.15, 0.2) is 70.7 Å². The fourth-order valence-corrected chi connectivity index (χ4v) is 3.89. The van der Waals surface area contributed by atoms with Crippen molar-refractivity contribution in [1.82, 2.24) is 4.83 Å². The molecule has 0 unspecified atom stereocenters. The van der Waals surface area contributed by atoms with E-state index in [1.807, 2.05) is 0 Å². The highest BCUT2D eigenvalue weighted by atomic mass is 35.5. The third kappa shape index (κ3) is 5.68. The Labute approximate surface area is 190 Å². The molecule has 0 atom stereocenters. The molecule has 0 aromatic heterocycles. The van der Waals surface area contributed by atoms with Crippen molar-refractivity contribution < 1.29 is 27.0 Å². The Bertz CT molecular complexity index is 1230. The van der Waals surface area contributed by atoms with E-state index in [1.54, 1.807) is 42.5 Å². The summed E-state index contributed by atoms with van der Waals surface area (Å²) in [6.07, 6.45) is 1.24. The van der Waals surface area contributed by atoms with Gasteiger partial charge in [0, 0.05) is 22.2 Å². The van der Waals surface area contributed by atoms with Crippen molar-refractivity contribution in [1.29, 1.82) is 0 Å². The van der Waals surface area contributed by atoms with Crippen LogP contribution in [0.4, 0.5) is 4.39 Å². The van der Waals surface area contributed by atoms with E-state index in [9.17, 15) is 12.8 Å². The standard InChI is InChI=1S/C22H20ClFN2O5S/c1-29-18-8-10-21(30-2)22(12-18)32(27,28)26-25-13-16-11-17(23)7-9-20(16)31-14-15-5-3-4-6-19(15)24/h3-13,26H,14H2,1-2H3. The number of sulfonamides is 1. The molecule has 32 heavy (non-hydrogen) atoms. The van der Waals surface area contributed by atoms with Crippen molar-refractivity contribution in [2.75, 3.05) is 14.2 Å². The maximum Gasteiger partial charge on any atom is 0.280 e. The largest absolute Gasteiger partial charge is 0.497 e. The van der Waals surface area contributed by atoms with Crippen LogP contribution >= 0.6 is 11.6 Å². The zero-order valence-electron chi connectivity index (χ0n) is 17.2. The fourth-order valence-electron chi connectivity index (χ4n) is 2.73. The van der Waals surface area contributed by atoms with Gasteiger partial charge >= 0.3 is 0 Å². The summed E-state index contributed by atoms with van der Waals surface area (Å²) in [6.45, 7) is -0.0259. The number of hydrogen-bond donors (Lipinski definition) is 1. The molecule has 0 radical (unpaired) electrons. The minimum Gasteiger partial charge on any atom is -0.497 e. The molecule has 0 aliphatic carbocycles. The van der Waals surface area contributed by atoms with E-state index in [-0.39, 0.29) is 17.3 Å². The van der Waals surface area contributed by atoms with E-state index in [4.69, 9.17) is 25.8 Å².